The van der Waals surface area contributed by atoms with Gasteiger partial charge in [0.25, 0.3) is 0 Å². The fourth-order valence-corrected chi connectivity index (χ4v) is 3.44. The van der Waals surface area contributed by atoms with Gasteiger partial charge >= 0.3 is 0 Å². The van der Waals surface area contributed by atoms with Gasteiger partial charge < -0.3 is 10.2 Å². The van der Waals surface area contributed by atoms with Crippen LogP contribution < -0.4 is 10.2 Å². The van der Waals surface area contributed by atoms with Crippen LogP contribution in [0.5, 0.6) is 0 Å². The SMILES string of the molecule is CNC1CCCN(C2CCN(c3ccccc3F)C2=O)C1. The van der Waals surface area contributed by atoms with Crippen LogP contribution in [0.2, 0.25) is 0 Å². The Hall–Kier alpha value is -1.46. The van der Waals surface area contributed by atoms with Gasteiger partial charge in [-0.15, -0.1) is 0 Å². The number of nitrogens with one attached hydrogen (secondary N) is 1. The molecule has 0 saturated carbocycles. The minimum absolute atomic E-state index is 0.0388. The lowest BCUT2D eigenvalue weighted by atomic mass is 10.0. The minimum Gasteiger partial charge on any atom is -0.316 e. The average molecular weight is 291 g/mol. The normalized spacial score (nSPS) is 27.3. The lowest BCUT2D eigenvalue weighted by Gasteiger charge is -2.35. The minimum atomic E-state index is -0.321. The highest BCUT2D eigenvalue weighted by molar-refractivity contribution is 5.99. The number of rotatable bonds is 3. The summed E-state index contributed by atoms with van der Waals surface area (Å²) in [6.45, 7) is 2.46. The van der Waals surface area contributed by atoms with E-state index < -0.39 is 0 Å². The summed E-state index contributed by atoms with van der Waals surface area (Å²) in [7, 11) is 1.97. The van der Waals surface area contributed by atoms with Crippen molar-refractivity contribution in [3.8, 4) is 0 Å². The van der Waals surface area contributed by atoms with Gasteiger partial charge in [0, 0.05) is 19.1 Å². The van der Waals surface area contributed by atoms with Gasteiger partial charge in [0.2, 0.25) is 5.91 Å². The lowest BCUT2D eigenvalue weighted by Crippen LogP contribution is -2.51. The highest BCUT2D eigenvalue weighted by Gasteiger charge is 2.38. The zero-order valence-electron chi connectivity index (χ0n) is 12.4. The Bertz CT molecular complexity index is 522. The second kappa shape index (κ2) is 6.12. The number of hydrogen-bond acceptors (Lipinski definition) is 3. The third-order valence-electron chi connectivity index (χ3n) is 4.62. The summed E-state index contributed by atoms with van der Waals surface area (Å²) < 4.78 is 13.9. The number of para-hydroxylation sites is 1. The van der Waals surface area contributed by atoms with E-state index >= 15 is 0 Å². The number of amides is 1. The number of likely N-dealkylation sites (N-methyl/N-ethyl adjacent to an activating group) is 1. The Balaban J connectivity index is 1.73. The molecule has 2 unspecified atom stereocenters. The summed E-state index contributed by atoms with van der Waals surface area (Å²) in [6.07, 6.45) is 3.05. The highest BCUT2D eigenvalue weighted by Crippen LogP contribution is 2.28. The molecule has 2 atom stereocenters. The van der Waals surface area contributed by atoms with E-state index in [1.807, 2.05) is 7.05 Å². The number of benzene rings is 1. The molecule has 0 spiro atoms. The fraction of sp³-hybridized carbons (Fsp3) is 0.562. The molecule has 5 heteroatoms. The Morgan fingerprint density at radius 1 is 1.24 bits per heavy atom. The second-order valence-electron chi connectivity index (χ2n) is 5.87. The molecular formula is C16H22FN3O. The molecule has 2 aliphatic heterocycles. The Morgan fingerprint density at radius 2 is 2.05 bits per heavy atom. The summed E-state index contributed by atoms with van der Waals surface area (Å²) in [6, 6.07) is 6.88. The van der Waals surface area contributed by atoms with Crippen molar-refractivity contribution in [2.75, 3.05) is 31.6 Å². The maximum absolute atomic E-state index is 13.9. The summed E-state index contributed by atoms with van der Waals surface area (Å²) in [5.74, 6) is -0.282. The number of likely N-dealkylation sites (tertiary alicyclic amines) is 1. The first-order valence-electron chi connectivity index (χ1n) is 7.68. The number of carbonyl (C=O) groups is 1. The van der Waals surface area contributed by atoms with Crippen molar-refractivity contribution in [3.63, 3.8) is 0 Å². The van der Waals surface area contributed by atoms with E-state index in [0.29, 0.717) is 18.3 Å². The molecule has 1 aromatic carbocycles. The van der Waals surface area contributed by atoms with Crippen LogP contribution in [-0.4, -0.2) is 49.6 Å². The molecular weight excluding hydrogens is 269 g/mol. The van der Waals surface area contributed by atoms with Gasteiger partial charge in [0.1, 0.15) is 5.82 Å². The first-order chi connectivity index (χ1) is 10.2. The van der Waals surface area contributed by atoms with Crippen LogP contribution in [0.15, 0.2) is 24.3 Å². The zero-order chi connectivity index (χ0) is 14.8. The molecule has 0 radical (unpaired) electrons. The maximum Gasteiger partial charge on any atom is 0.244 e. The first kappa shape index (κ1) is 14.5. The van der Waals surface area contributed by atoms with Crippen molar-refractivity contribution < 1.29 is 9.18 Å². The van der Waals surface area contributed by atoms with E-state index in [4.69, 9.17) is 0 Å². The molecule has 21 heavy (non-hydrogen) atoms. The molecule has 2 fully saturated rings. The van der Waals surface area contributed by atoms with Gasteiger partial charge in [0.15, 0.2) is 0 Å². The quantitative estimate of drug-likeness (QED) is 0.919. The fourth-order valence-electron chi connectivity index (χ4n) is 3.44. The van der Waals surface area contributed by atoms with E-state index in [9.17, 15) is 9.18 Å². The molecule has 0 aliphatic carbocycles. The van der Waals surface area contributed by atoms with E-state index in [0.717, 1.165) is 32.4 Å². The van der Waals surface area contributed by atoms with Crippen molar-refractivity contribution in [1.29, 1.82) is 0 Å². The smallest absolute Gasteiger partial charge is 0.244 e. The van der Waals surface area contributed by atoms with Crippen LogP contribution in [0.3, 0.4) is 0 Å². The van der Waals surface area contributed by atoms with Gasteiger partial charge in [0.05, 0.1) is 11.7 Å². The number of anilines is 1. The van der Waals surface area contributed by atoms with E-state index in [2.05, 4.69) is 10.2 Å². The number of piperidine rings is 1. The van der Waals surface area contributed by atoms with E-state index in [1.54, 1.807) is 23.1 Å². The molecule has 4 nitrogen and oxygen atoms in total. The Morgan fingerprint density at radius 3 is 2.81 bits per heavy atom. The summed E-state index contributed by atoms with van der Waals surface area (Å²) >= 11 is 0. The second-order valence-corrected chi connectivity index (χ2v) is 5.87. The summed E-state index contributed by atoms with van der Waals surface area (Å²) in [5.41, 5.74) is 0.409. The van der Waals surface area contributed by atoms with Gasteiger partial charge in [-0.25, -0.2) is 4.39 Å². The standard InChI is InChI=1S/C16H22FN3O/c1-18-12-5-4-9-19(11-12)15-8-10-20(16(15)21)14-7-3-2-6-13(14)17/h2-3,6-7,12,15,18H,4-5,8-11H2,1H3. The van der Waals surface area contributed by atoms with Crippen molar-refractivity contribution in [2.45, 2.75) is 31.3 Å². The van der Waals surface area contributed by atoms with Crippen LogP contribution in [0.4, 0.5) is 10.1 Å². The number of nitrogens with zero attached hydrogens (tertiary/aromatic N) is 2. The summed E-state index contributed by atoms with van der Waals surface area (Å²) in [5, 5.41) is 3.30. The highest BCUT2D eigenvalue weighted by atomic mass is 19.1. The molecule has 114 valence electrons. The van der Waals surface area contributed by atoms with Gasteiger partial charge in [-0.2, -0.15) is 0 Å². The number of halogens is 1. The van der Waals surface area contributed by atoms with Crippen molar-refractivity contribution >= 4 is 11.6 Å². The third-order valence-corrected chi connectivity index (χ3v) is 4.62. The van der Waals surface area contributed by atoms with Crippen molar-refractivity contribution in [2.24, 2.45) is 0 Å². The van der Waals surface area contributed by atoms with Crippen LogP contribution in [0.1, 0.15) is 19.3 Å². The average Bonchev–Trinajstić information content (AvgIpc) is 2.89. The molecule has 2 saturated heterocycles. The van der Waals surface area contributed by atoms with E-state index in [-0.39, 0.29) is 17.8 Å². The van der Waals surface area contributed by atoms with Crippen LogP contribution in [0, 0.1) is 5.82 Å². The Labute approximate surface area is 124 Å². The van der Waals surface area contributed by atoms with Crippen LogP contribution >= 0.6 is 0 Å². The summed E-state index contributed by atoms with van der Waals surface area (Å²) in [4.78, 5) is 16.5. The number of hydrogen-bond donors (Lipinski definition) is 1. The van der Waals surface area contributed by atoms with Crippen LogP contribution in [0.25, 0.3) is 0 Å². The van der Waals surface area contributed by atoms with Crippen molar-refractivity contribution in [1.82, 2.24) is 10.2 Å². The van der Waals surface area contributed by atoms with E-state index in [1.165, 1.54) is 6.07 Å². The van der Waals surface area contributed by atoms with Gasteiger partial charge in [-0.3, -0.25) is 9.69 Å². The topological polar surface area (TPSA) is 35.6 Å². The largest absolute Gasteiger partial charge is 0.316 e. The lowest BCUT2D eigenvalue weighted by molar-refractivity contribution is -0.122. The molecule has 0 aromatic heterocycles. The molecule has 1 N–H and O–H groups in total. The van der Waals surface area contributed by atoms with Gasteiger partial charge in [-0.1, -0.05) is 12.1 Å². The molecule has 2 aliphatic rings. The van der Waals surface area contributed by atoms with Crippen molar-refractivity contribution in [3.05, 3.63) is 30.1 Å². The molecule has 3 rings (SSSR count). The maximum atomic E-state index is 13.9. The first-order valence-corrected chi connectivity index (χ1v) is 7.68. The molecule has 0 bridgehead atoms. The number of carbonyl (C=O) groups excluding carboxylic acids is 1. The van der Waals surface area contributed by atoms with Crippen LogP contribution in [-0.2, 0) is 4.79 Å². The van der Waals surface area contributed by atoms with Gasteiger partial charge in [-0.05, 0) is 45.0 Å². The molecule has 2 heterocycles. The Kier molecular flexibility index (Phi) is 4.22. The zero-order valence-corrected chi connectivity index (χ0v) is 12.4. The predicted octanol–water partition coefficient (Wildman–Crippen LogP) is 1.61. The monoisotopic (exact) mass is 291 g/mol. The predicted molar refractivity (Wildman–Crippen MR) is 80.8 cm³/mol. The molecule has 1 amide bonds. The third kappa shape index (κ3) is 2.80. The molecule has 1 aromatic rings.